The highest BCUT2D eigenvalue weighted by Gasteiger charge is 2.68. The van der Waals surface area contributed by atoms with Gasteiger partial charge in [-0.25, -0.2) is 8.78 Å². The molecule has 0 radical (unpaired) electrons. The third kappa shape index (κ3) is 4.08. The summed E-state index contributed by atoms with van der Waals surface area (Å²) in [5.74, 6) is -2.25. The number of fused-ring (bicyclic) bond motifs is 1. The van der Waals surface area contributed by atoms with Crippen molar-refractivity contribution in [3.8, 4) is 11.5 Å². The smallest absolute Gasteiger partial charge is 0.258 e. The van der Waals surface area contributed by atoms with Gasteiger partial charge in [0, 0.05) is 23.0 Å². The van der Waals surface area contributed by atoms with Crippen molar-refractivity contribution >= 4 is 29.1 Å². The number of carbonyl (C=O) groups excluding carboxylic acids is 3. The van der Waals surface area contributed by atoms with Gasteiger partial charge < -0.3 is 14.8 Å². The highest BCUT2D eigenvalue weighted by atomic mass is 35.5. The Morgan fingerprint density at radius 3 is 2.61 bits per heavy atom. The second-order valence-corrected chi connectivity index (χ2v) is 9.68. The molecule has 9 heteroatoms. The first-order valence-electron chi connectivity index (χ1n) is 10.6. The van der Waals surface area contributed by atoms with E-state index in [1.807, 2.05) is 0 Å². The summed E-state index contributed by atoms with van der Waals surface area (Å²) >= 11 is 5.93. The minimum atomic E-state index is -1.05. The van der Waals surface area contributed by atoms with Crippen molar-refractivity contribution < 1.29 is 32.6 Å². The maximum Gasteiger partial charge on any atom is 0.258 e. The number of nitrogens with one attached hydrogen (secondary N) is 1. The molecule has 1 N–H and O–H groups in total. The number of amides is 1. The Bertz CT molecular complexity index is 1160. The molecular weight excluding hydrogens is 456 g/mol. The molecule has 3 fully saturated rings. The van der Waals surface area contributed by atoms with Crippen molar-refractivity contribution in [2.24, 2.45) is 5.41 Å². The Morgan fingerprint density at radius 1 is 1.12 bits per heavy atom. The average Bonchev–Trinajstić information content (AvgIpc) is 2.72. The quantitative estimate of drug-likeness (QED) is 0.654. The number of hydrogen-bond donors (Lipinski definition) is 1. The van der Waals surface area contributed by atoms with Crippen LogP contribution in [0, 0.1) is 17.0 Å². The van der Waals surface area contributed by atoms with Gasteiger partial charge >= 0.3 is 0 Å². The van der Waals surface area contributed by atoms with Crippen molar-refractivity contribution in [2.75, 3.05) is 6.61 Å². The van der Waals surface area contributed by atoms with E-state index in [4.69, 9.17) is 21.1 Å². The maximum absolute atomic E-state index is 13.2. The predicted molar refractivity (Wildman–Crippen MR) is 113 cm³/mol. The van der Waals surface area contributed by atoms with Crippen molar-refractivity contribution in [3.05, 3.63) is 58.6 Å². The summed E-state index contributed by atoms with van der Waals surface area (Å²) in [5, 5.41) is 3.35. The van der Waals surface area contributed by atoms with Crippen LogP contribution in [0.1, 0.15) is 42.5 Å². The van der Waals surface area contributed by atoms with Gasteiger partial charge in [-0.1, -0.05) is 11.6 Å². The van der Waals surface area contributed by atoms with Crippen molar-refractivity contribution in [1.29, 1.82) is 0 Å². The Kier molecular flexibility index (Phi) is 5.16. The Labute approximate surface area is 193 Å². The Morgan fingerprint density at radius 2 is 1.88 bits per heavy atom. The molecule has 2 aromatic carbocycles. The summed E-state index contributed by atoms with van der Waals surface area (Å²) in [4.78, 5) is 37.4. The Hall–Kier alpha value is -3.00. The number of ether oxygens (including phenoxy) is 2. The van der Waals surface area contributed by atoms with Gasteiger partial charge in [-0.05, 0) is 55.0 Å². The molecule has 2 aromatic rings. The average molecular weight is 476 g/mol. The summed E-state index contributed by atoms with van der Waals surface area (Å²) in [6.45, 7) is -0.319. The van der Waals surface area contributed by atoms with Crippen LogP contribution in [0.15, 0.2) is 36.4 Å². The second kappa shape index (κ2) is 7.80. The summed E-state index contributed by atoms with van der Waals surface area (Å²) in [7, 11) is 0. The standard InChI is InChI=1S/C24H20ClF2NO5/c25-13-1-4-20-15(5-13)18(29)7-21(33-20)19(30)8-23-10-24(11-23,12-23)28-22(31)9-32-14-2-3-16(26)17(27)6-14/h1-6,21H,7-12H2,(H,28,31)/t21-,23?,24?/m1/s1. The fourth-order valence-corrected chi connectivity index (χ4v) is 5.50. The molecule has 0 aromatic heterocycles. The first-order chi connectivity index (χ1) is 15.7. The van der Waals surface area contributed by atoms with Crippen LogP contribution in [0.25, 0.3) is 0 Å². The number of hydrogen-bond acceptors (Lipinski definition) is 5. The fourth-order valence-electron chi connectivity index (χ4n) is 5.32. The number of carbonyl (C=O) groups is 3. The summed E-state index contributed by atoms with van der Waals surface area (Å²) in [5.41, 5.74) is -0.149. The molecule has 3 aliphatic carbocycles. The van der Waals surface area contributed by atoms with Crippen LogP contribution < -0.4 is 14.8 Å². The lowest BCUT2D eigenvalue weighted by Gasteiger charge is -2.70. The monoisotopic (exact) mass is 475 g/mol. The number of Topliss-reactive ketones (excluding diaryl/α,β-unsaturated/α-hetero) is 2. The van der Waals surface area contributed by atoms with Gasteiger partial charge in [0.25, 0.3) is 5.91 Å². The third-order valence-corrected chi connectivity index (χ3v) is 6.83. The summed E-state index contributed by atoms with van der Waals surface area (Å²) in [6.07, 6.45) is 1.46. The van der Waals surface area contributed by atoms with Gasteiger partial charge in [0.1, 0.15) is 11.5 Å². The molecule has 0 spiro atoms. The molecule has 4 aliphatic rings. The number of halogens is 3. The minimum absolute atomic E-state index is 0.00848. The van der Waals surface area contributed by atoms with E-state index < -0.39 is 17.7 Å². The van der Waals surface area contributed by atoms with Gasteiger partial charge in [-0.3, -0.25) is 14.4 Å². The van der Waals surface area contributed by atoms with E-state index in [9.17, 15) is 23.2 Å². The lowest BCUT2D eigenvalue weighted by Crippen LogP contribution is -2.75. The zero-order valence-corrected chi connectivity index (χ0v) is 18.2. The van der Waals surface area contributed by atoms with Crippen LogP contribution in [0.3, 0.4) is 0 Å². The molecule has 6 rings (SSSR count). The zero-order valence-electron chi connectivity index (χ0n) is 17.5. The SMILES string of the molecule is O=C(COc1ccc(F)c(F)c1)NC12CC(CC(=O)[C@H]3CC(=O)c4cc(Cl)ccc4O3)(C1)C2. The van der Waals surface area contributed by atoms with Crippen molar-refractivity contribution in [1.82, 2.24) is 5.32 Å². The van der Waals surface area contributed by atoms with E-state index in [-0.39, 0.29) is 53.6 Å². The summed E-state index contributed by atoms with van der Waals surface area (Å²) in [6, 6.07) is 7.83. The minimum Gasteiger partial charge on any atom is -0.484 e. The van der Waals surface area contributed by atoms with Gasteiger partial charge in [0.2, 0.25) is 0 Å². The molecule has 2 bridgehead atoms. The van der Waals surface area contributed by atoms with Gasteiger partial charge in [0.05, 0.1) is 12.0 Å². The fraction of sp³-hybridized carbons (Fsp3) is 0.375. The topological polar surface area (TPSA) is 81.7 Å². The highest BCUT2D eigenvalue weighted by Crippen LogP contribution is 2.69. The van der Waals surface area contributed by atoms with Crippen LogP contribution >= 0.6 is 11.6 Å². The van der Waals surface area contributed by atoms with Gasteiger partial charge in [-0.2, -0.15) is 0 Å². The summed E-state index contributed by atoms with van der Waals surface area (Å²) < 4.78 is 37.2. The van der Waals surface area contributed by atoms with E-state index in [0.29, 0.717) is 35.6 Å². The maximum atomic E-state index is 13.2. The van der Waals surface area contributed by atoms with E-state index in [2.05, 4.69) is 5.32 Å². The molecule has 0 saturated heterocycles. The van der Waals surface area contributed by atoms with Crippen LogP contribution in [-0.2, 0) is 9.59 Å². The molecule has 33 heavy (non-hydrogen) atoms. The van der Waals surface area contributed by atoms with E-state index >= 15 is 0 Å². The molecule has 1 aliphatic heterocycles. The van der Waals surface area contributed by atoms with Crippen LogP contribution in [0.5, 0.6) is 11.5 Å². The molecule has 1 heterocycles. The van der Waals surface area contributed by atoms with Crippen LogP contribution in [-0.4, -0.2) is 35.7 Å². The van der Waals surface area contributed by atoms with E-state index in [1.54, 1.807) is 18.2 Å². The second-order valence-electron chi connectivity index (χ2n) is 9.24. The first-order valence-corrected chi connectivity index (χ1v) is 10.9. The van der Waals surface area contributed by atoms with Crippen molar-refractivity contribution in [3.63, 3.8) is 0 Å². The lowest BCUT2D eigenvalue weighted by molar-refractivity contribution is -0.175. The predicted octanol–water partition coefficient (Wildman–Crippen LogP) is 4.03. The first kappa shape index (κ1) is 21.8. The lowest BCUT2D eigenvalue weighted by atomic mass is 9.38. The molecule has 0 unspecified atom stereocenters. The molecule has 6 nitrogen and oxygen atoms in total. The third-order valence-electron chi connectivity index (χ3n) is 6.60. The number of rotatable bonds is 7. The van der Waals surface area contributed by atoms with Crippen LogP contribution in [0.2, 0.25) is 5.02 Å². The molecule has 1 amide bonds. The van der Waals surface area contributed by atoms with Crippen molar-refractivity contribution in [2.45, 2.75) is 43.7 Å². The van der Waals surface area contributed by atoms with E-state index in [1.165, 1.54) is 6.07 Å². The zero-order chi connectivity index (χ0) is 23.4. The van der Waals surface area contributed by atoms with Gasteiger partial charge in [-0.15, -0.1) is 0 Å². The molecule has 3 saturated carbocycles. The molecular formula is C24H20ClF2NO5. The highest BCUT2D eigenvalue weighted by molar-refractivity contribution is 6.31. The molecule has 1 atom stereocenters. The van der Waals surface area contributed by atoms with E-state index in [0.717, 1.165) is 12.1 Å². The number of ketones is 2. The number of benzene rings is 2. The largest absolute Gasteiger partial charge is 0.484 e. The Balaban J connectivity index is 1.10. The van der Waals surface area contributed by atoms with Crippen LogP contribution in [0.4, 0.5) is 8.78 Å². The normalized spacial score (nSPS) is 26.9. The molecule has 172 valence electrons. The van der Waals surface area contributed by atoms with Gasteiger partial charge in [0.15, 0.2) is 35.9 Å².